The van der Waals surface area contributed by atoms with E-state index in [1.807, 2.05) is 70.2 Å². The van der Waals surface area contributed by atoms with Crippen LogP contribution in [0.5, 0.6) is 23.0 Å². The molecule has 0 spiro atoms. The summed E-state index contributed by atoms with van der Waals surface area (Å²) in [5, 5.41) is 40.1. The standard InChI is InChI=1S/C21H26O3.C13H19O2.C9H11O.2CH4.4Y/c1-5-7-24-13-19-11-15(4)10-18(21(19)23)12-17-9-14(3)8-16(6-2)20(17)22;1-4-6-15-9-12-8-10(3)7-11(5-2)13(12)14;1-3-8-6-7(2)4-5-9(8)10;;;;;;/h8-11,22-23H,3-7,12-13H2,1-2H3;7-8,14H,3-6,9H2,1-2H3;4-6,10H,2-3H2,1H3;2*1H4;;;;/q-2;2*-1;;;;;;. The van der Waals surface area contributed by atoms with Crippen LogP contribution in [0.1, 0.15) is 124 Å². The second-order valence-electron chi connectivity index (χ2n) is 12.1. The molecule has 4 aromatic rings. The predicted molar refractivity (Wildman–Crippen MR) is 215 cm³/mol. The molecule has 55 heavy (non-hydrogen) atoms. The van der Waals surface area contributed by atoms with Gasteiger partial charge in [0.2, 0.25) is 0 Å². The summed E-state index contributed by atoms with van der Waals surface area (Å²) in [6.07, 6.45) is 4.76. The zero-order valence-corrected chi connectivity index (χ0v) is 43.9. The molecule has 4 radical (unpaired) electrons. The average Bonchev–Trinajstić information content (AvgIpc) is 3.07. The third-order valence-corrected chi connectivity index (χ3v) is 7.86. The number of aromatic hydroxyl groups is 4. The van der Waals surface area contributed by atoms with Gasteiger partial charge < -0.3 is 29.9 Å². The molecule has 4 N–H and O–H groups in total. The number of hydrogen-bond donors (Lipinski definition) is 4. The van der Waals surface area contributed by atoms with Gasteiger partial charge in [-0.2, -0.15) is 98.5 Å². The summed E-state index contributed by atoms with van der Waals surface area (Å²) in [4.78, 5) is 0. The Morgan fingerprint density at radius 2 is 0.745 bits per heavy atom. The van der Waals surface area contributed by atoms with Gasteiger partial charge in [-0.1, -0.05) is 83.4 Å². The van der Waals surface area contributed by atoms with Crippen LogP contribution in [0.15, 0.2) is 54.6 Å². The molecule has 0 saturated heterocycles. The summed E-state index contributed by atoms with van der Waals surface area (Å²) in [5.74, 6) is 1.23. The van der Waals surface area contributed by atoms with Crippen LogP contribution in [0.4, 0.5) is 0 Å². The van der Waals surface area contributed by atoms with E-state index in [9.17, 15) is 20.4 Å². The van der Waals surface area contributed by atoms with Crippen LogP contribution < -0.4 is 0 Å². The van der Waals surface area contributed by atoms with Crippen LogP contribution in [0, 0.1) is 27.7 Å². The van der Waals surface area contributed by atoms with E-state index in [4.69, 9.17) is 9.47 Å². The minimum Gasteiger partial charge on any atom is -0.510 e. The van der Waals surface area contributed by atoms with Gasteiger partial charge in [0, 0.05) is 144 Å². The monoisotopic (exact) mass is 1060 g/mol. The molecule has 0 aliphatic carbocycles. The van der Waals surface area contributed by atoms with E-state index in [1.54, 1.807) is 12.1 Å². The Labute approximate surface area is 435 Å². The van der Waals surface area contributed by atoms with Crippen molar-refractivity contribution in [1.29, 1.82) is 0 Å². The molecule has 0 aromatic heterocycles. The number of phenols is 4. The molecule has 0 saturated carbocycles. The second-order valence-corrected chi connectivity index (χ2v) is 12.1. The van der Waals surface area contributed by atoms with Gasteiger partial charge in [-0.05, 0) is 49.7 Å². The van der Waals surface area contributed by atoms with Crippen molar-refractivity contribution >= 4 is 0 Å². The predicted octanol–water partition coefficient (Wildman–Crippen LogP) is 11.0. The largest absolute Gasteiger partial charge is 0.510 e. The van der Waals surface area contributed by atoms with Crippen LogP contribution in [0.2, 0.25) is 0 Å². The fourth-order valence-electron chi connectivity index (χ4n) is 5.31. The van der Waals surface area contributed by atoms with Crippen molar-refractivity contribution in [3.8, 4) is 23.0 Å². The zero-order valence-electron chi connectivity index (χ0n) is 32.5. The summed E-state index contributed by atoms with van der Waals surface area (Å²) in [7, 11) is 0. The minimum absolute atomic E-state index is 0. The summed E-state index contributed by atoms with van der Waals surface area (Å²) in [6, 6.07) is 16.6. The van der Waals surface area contributed by atoms with E-state index in [0.29, 0.717) is 37.7 Å². The molecule has 0 bridgehead atoms. The van der Waals surface area contributed by atoms with Crippen molar-refractivity contribution in [2.45, 2.75) is 101 Å². The first-order valence-corrected chi connectivity index (χ1v) is 17.2. The zero-order chi connectivity index (χ0) is 36.5. The van der Waals surface area contributed by atoms with Crippen molar-refractivity contribution < 1.29 is 161 Å². The van der Waals surface area contributed by atoms with Crippen LogP contribution in [0.3, 0.4) is 0 Å². The molecule has 10 heteroatoms. The van der Waals surface area contributed by atoms with Crippen molar-refractivity contribution in [3.05, 3.63) is 143 Å². The topological polar surface area (TPSA) is 99.4 Å². The number of ether oxygens (including phenoxy) is 2. The summed E-state index contributed by atoms with van der Waals surface area (Å²) in [5.41, 5.74) is 9.41. The van der Waals surface area contributed by atoms with E-state index in [0.717, 1.165) is 99.9 Å². The normalized spacial score (nSPS) is 9.40. The number of aryl methyl sites for hydroxylation is 3. The summed E-state index contributed by atoms with van der Waals surface area (Å²) in [6.45, 7) is 27.9. The molecule has 6 nitrogen and oxygen atoms in total. The molecule has 0 heterocycles. The molecule has 4 rings (SSSR count). The summed E-state index contributed by atoms with van der Waals surface area (Å²) < 4.78 is 11.0. The Hall–Kier alpha value is -0.104. The number of benzene rings is 4. The molecule has 0 unspecified atom stereocenters. The fraction of sp³-hybridized carbons (Fsp3) is 0.378. The maximum Gasteiger partial charge on any atom is 0.0999 e. The van der Waals surface area contributed by atoms with Crippen molar-refractivity contribution in [2.75, 3.05) is 13.2 Å². The number of hydrogen-bond acceptors (Lipinski definition) is 6. The first-order valence-electron chi connectivity index (χ1n) is 17.2. The molecule has 0 aliphatic heterocycles. The van der Waals surface area contributed by atoms with E-state index >= 15 is 0 Å². The van der Waals surface area contributed by atoms with Crippen molar-refractivity contribution in [2.24, 2.45) is 0 Å². The van der Waals surface area contributed by atoms with Gasteiger partial charge in [-0.25, -0.2) is 0 Å². The fourth-order valence-corrected chi connectivity index (χ4v) is 5.31. The van der Waals surface area contributed by atoms with E-state index in [-0.39, 0.29) is 157 Å². The van der Waals surface area contributed by atoms with Crippen molar-refractivity contribution in [3.63, 3.8) is 0 Å². The Balaban J connectivity index is -0.000000234. The molecule has 296 valence electrons. The van der Waals surface area contributed by atoms with Crippen LogP contribution in [0.25, 0.3) is 0 Å². The van der Waals surface area contributed by atoms with Crippen LogP contribution in [-0.2, 0) is 179 Å². The number of rotatable bonds is 13. The van der Waals surface area contributed by atoms with E-state index in [2.05, 4.69) is 34.6 Å². The van der Waals surface area contributed by atoms with Gasteiger partial charge in [-0.15, -0.1) is 0 Å². The van der Waals surface area contributed by atoms with E-state index in [1.165, 1.54) is 0 Å². The first-order chi connectivity index (χ1) is 23.4. The average molecular weight is 1060 g/mol. The Morgan fingerprint density at radius 3 is 1.09 bits per heavy atom. The quantitative estimate of drug-likeness (QED) is 0.0787. The van der Waals surface area contributed by atoms with Gasteiger partial charge in [0.1, 0.15) is 0 Å². The van der Waals surface area contributed by atoms with Gasteiger partial charge in [0.05, 0.1) is 36.2 Å². The smallest absolute Gasteiger partial charge is 0.0999 e. The number of phenolic OH excluding ortho intramolecular Hbond substituents is 4. The molecule has 0 aliphatic rings. The molecule has 0 atom stereocenters. The maximum absolute atomic E-state index is 10.6. The molecule has 0 fully saturated rings. The van der Waals surface area contributed by atoms with Gasteiger partial charge in [-0.3, -0.25) is 0 Å². The van der Waals surface area contributed by atoms with Crippen LogP contribution >= 0.6 is 0 Å². The third-order valence-electron chi connectivity index (χ3n) is 7.86. The Morgan fingerprint density at radius 1 is 0.436 bits per heavy atom. The SMILES string of the molecule is C.C.[CH2-]c1cc(CC)c(O)c(COCCC)c1.[CH2-]c1cc(CC)c(O)c(Cc2cc([CH2-])cc(COCCC)c2O)c1.[CH2-]c1ccc(O)c(CC)c1.[Y].[Y].[Y].[Y]. The third kappa shape index (κ3) is 22.2. The van der Waals surface area contributed by atoms with Crippen LogP contribution in [-0.4, -0.2) is 33.6 Å². The molecule has 0 amide bonds. The Kier molecular flexibility index (Phi) is 40.4. The Bertz CT molecular complexity index is 1630. The van der Waals surface area contributed by atoms with Gasteiger partial charge >= 0.3 is 0 Å². The second kappa shape index (κ2) is 34.7. The van der Waals surface area contributed by atoms with Gasteiger partial charge in [0.15, 0.2) is 0 Å². The maximum atomic E-state index is 10.6. The van der Waals surface area contributed by atoms with Gasteiger partial charge in [0.25, 0.3) is 0 Å². The summed E-state index contributed by atoms with van der Waals surface area (Å²) >= 11 is 0. The molecule has 4 aromatic carbocycles. The molecular formula is C45H64O6Y4-4. The molecular weight excluding hydrogens is 992 g/mol. The van der Waals surface area contributed by atoms with Crippen molar-refractivity contribution in [1.82, 2.24) is 0 Å². The first kappa shape index (κ1) is 64.1. The van der Waals surface area contributed by atoms with E-state index < -0.39 is 0 Å². The minimum atomic E-state index is 0.